The molecule has 0 aromatic heterocycles. The monoisotopic (exact) mass is 127 g/mol. The summed E-state index contributed by atoms with van der Waals surface area (Å²) in [5, 5.41) is 2.60. The number of hydrogen-bond acceptors (Lipinski definition) is 2. The van der Waals surface area contributed by atoms with Gasteiger partial charge < -0.3 is 5.32 Å². The van der Waals surface area contributed by atoms with Crippen molar-refractivity contribution >= 4 is 11.7 Å². The molecule has 0 saturated carbocycles. The fourth-order valence-corrected chi connectivity index (χ4v) is 0.776. The predicted octanol–water partition coefficient (Wildman–Crippen LogP) is -0.289. The van der Waals surface area contributed by atoms with Crippen molar-refractivity contribution < 1.29 is 9.59 Å². The summed E-state index contributed by atoms with van der Waals surface area (Å²) in [5.74, 6) is -0.0699. The van der Waals surface area contributed by atoms with E-state index in [1.807, 2.05) is 6.92 Å². The van der Waals surface area contributed by atoms with E-state index in [9.17, 15) is 9.59 Å². The van der Waals surface area contributed by atoms with E-state index in [0.29, 0.717) is 6.54 Å². The van der Waals surface area contributed by atoms with Gasteiger partial charge in [-0.25, -0.2) is 0 Å². The maximum Gasteiger partial charge on any atom is 0.227 e. The number of nitrogens with one attached hydrogen (secondary N) is 1. The molecule has 50 valence electrons. The van der Waals surface area contributed by atoms with Gasteiger partial charge in [-0.05, 0) is 0 Å². The Morgan fingerprint density at radius 2 is 2.22 bits per heavy atom. The number of Topliss-reactive ketones (excluding diaryl/α,β-unsaturated/α-hetero) is 1. The molecule has 1 amide bonds. The lowest BCUT2D eigenvalue weighted by atomic mass is 10.0. The summed E-state index contributed by atoms with van der Waals surface area (Å²) in [4.78, 5) is 21.2. The van der Waals surface area contributed by atoms with Crippen molar-refractivity contribution in [1.82, 2.24) is 5.32 Å². The van der Waals surface area contributed by atoms with Gasteiger partial charge >= 0.3 is 0 Å². The van der Waals surface area contributed by atoms with E-state index >= 15 is 0 Å². The molecule has 0 spiro atoms. The summed E-state index contributed by atoms with van der Waals surface area (Å²) < 4.78 is 0. The quantitative estimate of drug-likeness (QED) is 0.454. The third-order valence-electron chi connectivity index (χ3n) is 1.49. The molecule has 1 rings (SSSR count). The summed E-state index contributed by atoms with van der Waals surface area (Å²) in [6, 6.07) is 0. The lowest BCUT2D eigenvalue weighted by Gasteiger charge is -2.16. The van der Waals surface area contributed by atoms with Crippen LogP contribution in [0.1, 0.15) is 13.3 Å². The minimum atomic E-state index is -0.141. The number of carbonyl (C=O) groups is 2. The van der Waals surface area contributed by atoms with E-state index < -0.39 is 0 Å². The SMILES string of the molecule is C[C@H]1CNC(=O)CC1=O. The predicted molar refractivity (Wildman–Crippen MR) is 31.8 cm³/mol. The van der Waals surface area contributed by atoms with E-state index in [1.54, 1.807) is 0 Å². The average Bonchev–Trinajstić information content (AvgIpc) is 1.80. The van der Waals surface area contributed by atoms with Gasteiger partial charge in [0, 0.05) is 12.5 Å². The first-order chi connectivity index (χ1) is 4.20. The van der Waals surface area contributed by atoms with Crippen LogP contribution in [0.2, 0.25) is 0 Å². The lowest BCUT2D eigenvalue weighted by Crippen LogP contribution is -2.39. The largest absolute Gasteiger partial charge is 0.355 e. The molecule has 1 fully saturated rings. The van der Waals surface area contributed by atoms with Crippen molar-refractivity contribution in [2.24, 2.45) is 5.92 Å². The van der Waals surface area contributed by atoms with Crippen LogP contribution in [0.25, 0.3) is 0 Å². The maximum absolute atomic E-state index is 10.7. The highest BCUT2D eigenvalue weighted by Gasteiger charge is 2.21. The first-order valence-electron chi connectivity index (χ1n) is 2.99. The molecule has 1 aliphatic heterocycles. The molecule has 0 aromatic rings. The van der Waals surface area contributed by atoms with Gasteiger partial charge in [-0.15, -0.1) is 0 Å². The summed E-state index contributed by atoms with van der Waals surface area (Å²) >= 11 is 0. The Balaban J connectivity index is 2.54. The fourth-order valence-electron chi connectivity index (χ4n) is 0.776. The summed E-state index contributed by atoms with van der Waals surface area (Å²) in [5.41, 5.74) is 0. The molecular weight excluding hydrogens is 118 g/mol. The first kappa shape index (κ1) is 6.26. The second kappa shape index (κ2) is 2.17. The summed E-state index contributed by atoms with van der Waals surface area (Å²) in [7, 11) is 0. The van der Waals surface area contributed by atoms with Crippen LogP contribution in [0.15, 0.2) is 0 Å². The Kier molecular flexibility index (Phi) is 1.51. The van der Waals surface area contributed by atoms with Gasteiger partial charge in [-0.2, -0.15) is 0 Å². The standard InChI is InChI=1S/C6H9NO2/c1-4-3-7-6(9)2-5(4)8/h4H,2-3H2,1H3,(H,7,9)/t4-/m0/s1. The van der Waals surface area contributed by atoms with Gasteiger partial charge in [0.1, 0.15) is 5.78 Å². The van der Waals surface area contributed by atoms with Crippen molar-refractivity contribution in [2.45, 2.75) is 13.3 Å². The van der Waals surface area contributed by atoms with Crippen LogP contribution in [0.5, 0.6) is 0 Å². The fraction of sp³-hybridized carbons (Fsp3) is 0.667. The van der Waals surface area contributed by atoms with Crippen LogP contribution in [-0.4, -0.2) is 18.2 Å². The minimum absolute atomic E-state index is 0.0164. The molecule has 0 radical (unpaired) electrons. The molecule has 1 aliphatic rings. The number of ketones is 1. The molecule has 3 nitrogen and oxygen atoms in total. The molecule has 0 unspecified atom stereocenters. The zero-order valence-electron chi connectivity index (χ0n) is 5.31. The topological polar surface area (TPSA) is 46.2 Å². The number of piperidine rings is 1. The van der Waals surface area contributed by atoms with E-state index in [1.165, 1.54) is 0 Å². The average molecular weight is 127 g/mol. The van der Waals surface area contributed by atoms with Crippen molar-refractivity contribution in [3.8, 4) is 0 Å². The highest BCUT2D eigenvalue weighted by Crippen LogP contribution is 2.03. The maximum atomic E-state index is 10.7. The molecule has 1 N–H and O–H groups in total. The highest BCUT2D eigenvalue weighted by atomic mass is 16.2. The number of carbonyl (C=O) groups excluding carboxylic acids is 2. The second-order valence-electron chi connectivity index (χ2n) is 2.35. The molecular formula is C6H9NO2. The first-order valence-corrected chi connectivity index (χ1v) is 2.99. The highest BCUT2D eigenvalue weighted by molar-refractivity contribution is 6.01. The van der Waals surface area contributed by atoms with Crippen molar-refractivity contribution in [3.05, 3.63) is 0 Å². The Morgan fingerprint density at radius 1 is 1.56 bits per heavy atom. The van der Waals surface area contributed by atoms with Crippen LogP contribution in [0.3, 0.4) is 0 Å². The van der Waals surface area contributed by atoms with Crippen molar-refractivity contribution in [3.63, 3.8) is 0 Å². The van der Waals surface area contributed by atoms with Crippen LogP contribution in [0.4, 0.5) is 0 Å². The zero-order valence-corrected chi connectivity index (χ0v) is 5.31. The molecule has 0 aromatic carbocycles. The van der Waals surface area contributed by atoms with Gasteiger partial charge in [-0.1, -0.05) is 6.92 Å². The van der Waals surface area contributed by atoms with Gasteiger partial charge in [0.05, 0.1) is 6.42 Å². The third-order valence-corrected chi connectivity index (χ3v) is 1.49. The Hall–Kier alpha value is -0.860. The van der Waals surface area contributed by atoms with Gasteiger partial charge in [0.25, 0.3) is 0 Å². The lowest BCUT2D eigenvalue weighted by molar-refractivity contribution is -0.133. The minimum Gasteiger partial charge on any atom is -0.355 e. The molecule has 0 bridgehead atoms. The van der Waals surface area contributed by atoms with Gasteiger partial charge in [-0.3, -0.25) is 9.59 Å². The number of hydrogen-bond donors (Lipinski definition) is 1. The number of rotatable bonds is 0. The van der Waals surface area contributed by atoms with Gasteiger partial charge in [0.2, 0.25) is 5.91 Å². The normalized spacial score (nSPS) is 27.9. The van der Waals surface area contributed by atoms with Crippen molar-refractivity contribution in [2.75, 3.05) is 6.54 Å². The van der Waals surface area contributed by atoms with Crippen LogP contribution < -0.4 is 5.32 Å². The summed E-state index contributed by atoms with van der Waals surface area (Å²) in [6.45, 7) is 2.33. The van der Waals surface area contributed by atoms with E-state index in [-0.39, 0.29) is 24.0 Å². The Labute approximate surface area is 53.4 Å². The molecule has 3 heteroatoms. The van der Waals surface area contributed by atoms with E-state index in [0.717, 1.165) is 0 Å². The molecule has 1 saturated heterocycles. The smallest absolute Gasteiger partial charge is 0.227 e. The van der Waals surface area contributed by atoms with E-state index in [4.69, 9.17) is 0 Å². The Morgan fingerprint density at radius 3 is 2.67 bits per heavy atom. The molecule has 1 heterocycles. The van der Waals surface area contributed by atoms with Crippen LogP contribution in [0, 0.1) is 5.92 Å². The number of amides is 1. The molecule has 1 atom stereocenters. The Bertz CT molecular complexity index is 153. The third kappa shape index (κ3) is 1.28. The van der Waals surface area contributed by atoms with Crippen LogP contribution in [-0.2, 0) is 9.59 Å². The van der Waals surface area contributed by atoms with E-state index in [2.05, 4.69) is 5.32 Å². The van der Waals surface area contributed by atoms with Gasteiger partial charge in [0.15, 0.2) is 0 Å². The summed E-state index contributed by atoms with van der Waals surface area (Å²) in [6.07, 6.45) is 0.0706. The molecule has 9 heavy (non-hydrogen) atoms. The molecule has 0 aliphatic carbocycles. The van der Waals surface area contributed by atoms with Crippen molar-refractivity contribution in [1.29, 1.82) is 0 Å². The van der Waals surface area contributed by atoms with Crippen LogP contribution >= 0.6 is 0 Å². The second-order valence-corrected chi connectivity index (χ2v) is 2.35. The zero-order chi connectivity index (χ0) is 6.85.